The summed E-state index contributed by atoms with van der Waals surface area (Å²) in [5.41, 5.74) is 0. The normalized spacial score (nSPS) is 0. The van der Waals surface area contributed by atoms with Crippen molar-refractivity contribution in [2.75, 3.05) is 0 Å². The van der Waals surface area contributed by atoms with Crippen LogP contribution in [0.15, 0.2) is 0 Å². The van der Waals surface area contributed by atoms with Crippen LogP contribution in [0.25, 0.3) is 0 Å². The molecule has 0 atom stereocenters. The van der Waals surface area contributed by atoms with E-state index in [1.165, 1.54) is 0 Å². The minimum absolute atomic E-state index is 0. The maximum Gasteiger partial charge on any atom is 3.00 e. The first-order chi connectivity index (χ1) is 0. The zero-order valence-electron chi connectivity index (χ0n) is 2.88. The maximum atomic E-state index is 0. The van der Waals surface area contributed by atoms with Crippen LogP contribution in [0.2, 0.25) is 0 Å². The van der Waals surface area contributed by atoms with Crippen LogP contribution in [0.4, 0.5) is 0 Å². The zero-order valence-corrected chi connectivity index (χ0v) is 6.09. The molecule has 0 aromatic carbocycles. The third-order valence-electron chi connectivity index (χ3n) is 0. The van der Waals surface area contributed by atoms with Gasteiger partial charge < -0.3 is 27.3 Å². The third kappa shape index (κ3) is 10.9. The molecule has 0 N–H and O–H groups in total. The van der Waals surface area contributed by atoms with Gasteiger partial charge in [-0.25, -0.2) is 0 Å². The van der Waals surface area contributed by atoms with E-state index in [2.05, 4.69) is 0 Å². The number of hydrogen-bond acceptors (Lipinski definition) is 0. The average Bonchev–Trinajstić information content (AvgIpc) is 0. The standard InChI is InChI=1S/2CH3.ClH.Zr/h2*1H3;1H;/q2*-1;;+3/p-1. The van der Waals surface area contributed by atoms with E-state index in [4.69, 9.17) is 0 Å². The first kappa shape index (κ1) is 65.5. The zero-order chi connectivity index (χ0) is 0. The minimum Gasteiger partial charge on any atom is -1.00 e. The van der Waals surface area contributed by atoms with E-state index in [0.717, 1.165) is 0 Å². The van der Waals surface area contributed by atoms with Gasteiger partial charge >= 0.3 is 26.2 Å². The van der Waals surface area contributed by atoms with Gasteiger partial charge in [0.1, 0.15) is 0 Å². The fraction of sp³-hybridized carbons (Fsp3) is 0. The molecule has 0 nitrogen and oxygen atoms in total. The number of rotatable bonds is 0. The van der Waals surface area contributed by atoms with Crippen LogP contribution >= 0.6 is 0 Å². The van der Waals surface area contributed by atoms with Gasteiger partial charge in [0.15, 0.2) is 0 Å². The van der Waals surface area contributed by atoms with E-state index in [1.54, 1.807) is 0 Å². The quantitative estimate of drug-likeness (QED) is 0.353. The Morgan fingerprint density at radius 2 is 0.750 bits per heavy atom. The van der Waals surface area contributed by atoms with Gasteiger partial charge in [-0.05, 0) is 0 Å². The number of hydrogen-bond donors (Lipinski definition) is 0. The van der Waals surface area contributed by atoms with E-state index >= 15 is 0 Å². The van der Waals surface area contributed by atoms with Gasteiger partial charge in [0, 0.05) is 0 Å². The Kier molecular flexibility index (Phi) is 500. The molecule has 0 spiro atoms. The van der Waals surface area contributed by atoms with E-state index < -0.39 is 0 Å². The Hall–Kier alpha value is 1.17. The third-order valence-corrected chi connectivity index (χ3v) is 0. The predicted molar refractivity (Wildman–Crippen MR) is 12.8 cm³/mol. The molecule has 0 amide bonds. The van der Waals surface area contributed by atoms with Crippen molar-refractivity contribution in [1.29, 1.82) is 0 Å². The van der Waals surface area contributed by atoms with Crippen molar-refractivity contribution >= 4 is 0 Å². The van der Waals surface area contributed by atoms with Crippen LogP contribution in [0.5, 0.6) is 0 Å². The summed E-state index contributed by atoms with van der Waals surface area (Å²) in [5, 5.41) is 0. The molecule has 1 radical (unpaired) electrons. The Bertz CT molecular complexity index is 6.00. The van der Waals surface area contributed by atoms with Gasteiger partial charge in [-0.15, -0.1) is 0 Å². The Labute approximate surface area is 53.5 Å². The fourth-order valence-corrected chi connectivity index (χ4v) is 0. The summed E-state index contributed by atoms with van der Waals surface area (Å²) >= 11 is 0. The predicted octanol–water partition coefficient (Wildman–Crippen LogP) is -2.10. The van der Waals surface area contributed by atoms with Crippen molar-refractivity contribution < 1.29 is 38.6 Å². The molecule has 0 aliphatic rings. The summed E-state index contributed by atoms with van der Waals surface area (Å²) in [4.78, 5) is 0. The van der Waals surface area contributed by atoms with Crippen molar-refractivity contribution in [2.24, 2.45) is 0 Å². The first-order valence-electron chi connectivity index (χ1n) is 0. The maximum absolute atomic E-state index is 0. The molecule has 4 heavy (non-hydrogen) atoms. The van der Waals surface area contributed by atoms with Crippen molar-refractivity contribution in [3.05, 3.63) is 14.9 Å². The fourth-order valence-electron chi connectivity index (χ4n) is 0. The summed E-state index contributed by atoms with van der Waals surface area (Å²) in [5.74, 6) is 0. The van der Waals surface area contributed by atoms with Crippen molar-refractivity contribution in [3.63, 3.8) is 0 Å². The van der Waals surface area contributed by atoms with Gasteiger partial charge in [0.2, 0.25) is 0 Å². The van der Waals surface area contributed by atoms with Crippen molar-refractivity contribution in [3.8, 4) is 0 Å². The van der Waals surface area contributed by atoms with Crippen LogP contribution in [0.3, 0.4) is 0 Å². The van der Waals surface area contributed by atoms with Gasteiger partial charge in [0.05, 0.1) is 0 Å². The molecule has 0 saturated heterocycles. The molecule has 0 bridgehead atoms. The molecule has 25 valence electrons. The summed E-state index contributed by atoms with van der Waals surface area (Å²) in [6.45, 7) is 0. The van der Waals surface area contributed by atoms with E-state index in [1.807, 2.05) is 0 Å². The summed E-state index contributed by atoms with van der Waals surface area (Å²) in [6, 6.07) is 0. The van der Waals surface area contributed by atoms with Crippen LogP contribution < -0.4 is 12.4 Å². The summed E-state index contributed by atoms with van der Waals surface area (Å²) in [6.07, 6.45) is 0. The molecule has 0 heterocycles. The van der Waals surface area contributed by atoms with Crippen molar-refractivity contribution in [2.45, 2.75) is 0 Å². The van der Waals surface area contributed by atoms with E-state index in [9.17, 15) is 0 Å². The van der Waals surface area contributed by atoms with Crippen LogP contribution in [-0.2, 0) is 26.2 Å². The molecule has 0 aliphatic heterocycles. The molecule has 0 aliphatic carbocycles. The molecule has 0 unspecified atom stereocenters. The second-order valence-corrected chi connectivity index (χ2v) is 0. The van der Waals surface area contributed by atoms with Gasteiger partial charge in [-0.2, -0.15) is 0 Å². The van der Waals surface area contributed by atoms with Gasteiger partial charge in [-0.3, -0.25) is 0 Å². The molecule has 0 rings (SSSR count). The largest absolute Gasteiger partial charge is 3.00 e. The smallest absolute Gasteiger partial charge is 1.00 e. The molecule has 0 aromatic heterocycles. The van der Waals surface area contributed by atoms with Crippen LogP contribution in [-0.4, -0.2) is 0 Å². The van der Waals surface area contributed by atoms with Crippen LogP contribution in [0, 0.1) is 14.9 Å². The Morgan fingerprint density at radius 1 is 0.750 bits per heavy atom. The second-order valence-electron chi connectivity index (χ2n) is 0. The first-order valence-corrected chi connectivity index (χ1v) is 0. The molecule has 0 aromatic rings. The number of halogens is 1. The molecular weight excluding hydrogens is 151 g/mol. The SMILES string of the molecule is [CH3-].[CH3-].[Cl-].[Zr+3]. The second kappa shape index (κ2) is 30.5. The average molecular weight is 157 g/mol. The van der Waals surface area contributed by atoms with Gasteiger partial charge in [-0.1, -0.05) is 0 Å². The molecule has 0 fully saturated rings. The monoisotopic (exact) mass is 155 g/mol. The van der Waals surface area contributed by atoms with Gasteiger partial charge in [0.25, 0.3) is 0 Å². The molecular formula is C2H6ClZr. The van der Waals surface area contributed by atoms with E-state index in [0.29, 0.717) is 0 Å². The van der Waals surface area contributed by atoms with Crippen molar-refractivity contribution in [1.82, 2.24) is 0 Å². The topological polar surface area (TPSA) is 0 Å². The minimum atomic E-state index is 0. The Balaban J connectivity index is 0. The van der Waals surface area contributed by atoms with Crippen LogP contribution in [0.1, 0.15) is 0 Å². The molecule has 2 heteroatoms. The molecule has 0 saturated carbocycles. The van der Waals surface area contributed by atoms with E-state index in [-0.39, 0.29) is 53.5 Å². The summed E-state index contributed by atoms with van der Waals surface area (Å²) in [7, 11) is 0. The summed E-state index contributed by atoms with van der Waals surface area (Å²) < 4.78 is 0. The Morgan fingerprint density at radius 3 is 0.750 bits per heavy atom.